The molecule has 1 N–H and O–H groups in total. The van der Waals surface area contributed by atoms with Gasteiger partial charge in [0.1, 0.15) is 6.07 Å². The van der Waals surface area contributed by atoms with E-state index in [2.05, 4.69) is 20.9 Å². The number of aromatic carboxylic acids is 1. The highest BCUT2D eigenvalue weighted by atomic mass is 79.9. The van der Waals surface area contributed by atoms with Gasteiger partial charge in [-0.05, 0) is 15.9 Å². The molecular weight excluding hydrogens is 224 g/mol. The van der Waals surface area contributed by atoms with Crippen LogP contribution in [0.2, 0.25) is 0 Å². The summed E-state index contributed by atoms with van der Waals surface area (Å²) in [7, 11) is 0. The smallest absolute Gasteiger partial charge is 0.338 e. The average molecular weight is 227 g/mol. The van der Waals surface area contributed by atoms with Crippen LogP contribution in [0.4, 0.5) is 0 Å². The second kappa shape index (κ2) is 3.32. The van der Waals surface area contributed by atoms with E-state index < -0.39 is 5.97 Å². The number of aromatic nitrogens is 1. The van der Waals surface area contributed by atoms with Crippen molar-refractivity contribution in [1.29, 1.82) is 5.26 Å². The van der Waals surface area contributed by atoms with Crippen molar-refractivity contribution in [1.82, 2.24) is 4.98 Å². The van der Waals surface area contributed by atoms with Gasteiger partial charge in [0.15, 0.2) is 0 Å². The third kappa shape index (κ3) is 1.43. The molecule has 0 saturated heterocycles. The Morgan fingerprint density at radius 1 is 1.67 bits per heavy atom. The van der Waals surface area contributed by atoms with E-state index in [-0.39, 0.29) is 11.1 Å². The van der Waals surface area contributed by atoms with E-state index in [0.717, 1.165) is 0 Å². The highest BCUT2D eigenvalue weighted by Gasteiger charge is 2.13. The zero-order valence-electron chi connectivity index (χ0n) is 5.78. The van der Waals surface area contributed by atoms with Crippen LogP contribution in [0.15, 0.2) is 16.9 Å². The van der Waals surface area contributed by atoms with Gasteiger partial charge in [-0.25, -0.2) is 4.79 Å². The standard InChI is InChI=1S/C7H3BrN2O2/c8-5-3-10-2-4(1-9)6(5)7(11)12/h2-3H,(H,11,12). The first-order chi connectivity index (χ1) is 5.66. The normalized spacial score (nSPS) is 9.00. The molecule has 12 heavy (non-hydrogen) atoms. The molecule has 0 radical (unpaired) electrons. The Labute approximate surface area is 76.6 Å². The molecule has 0 atom stereocenters. The molecule has 0 aliphatic carbocycles. The summed E-state index contributed by atoms with van der Waals surface area (Å²) in [6.07, 6.45) is 2.55. The van der Waals surface area contributed by atoms with Crippen molar-refractivity contribution in [2.75, 3.05) is 0 Å². The molecule has 0 amide bonds. The second-order valence-corrected chi connectivity index (χ2v) is 2.82. The Kier molecular flexibility index (Phi) is 2.41. The summed E-state index contributed by atoms with van der Waals surface area (Å²) in [5, 5.41) is 17.2. The van der Waals surface area contributed by atoms with Crippen molar-refractivity contribution >= 4 is 21.9 Å². The van der Waals surface area contributed by atoms with Gasteiger partial charge >= 0.3 is 5.97 Å². The van der Waals surface area contributed by atoms with Gasteiger partial charge in [-0.2, -0.15) is 5.26 Å². The quantitative estimate of drug-likeness (QED) is 0.786. The summed E-state index contributed by atoms with van der Waals surface area (Å²) in [6, 6.07) is 1.74. The molecule has 5 heteroatoms. The first-order valence-electron chi connectivity index (χ1n) is 2.93. The summed E-state index contributed by atoms with van der Waals surface area (Å²) in [5.41, 5.74) is 0.00405. The lowest BCUT2D eigenvalue weighted by molar-refractivity contribution is 0.0695. The number of halogens is 1. The Bertz CT molecular complexity index is 370. The molecule has 0 fully saturated rings. The third-order valence-electron chi connectivity index (χ3n) is 1.23. The fraction of sp³-hybridized carbons (Fsp3) is 0. The zero-order valence-corrected chi connectivity index (χ0v) is 7.37. The Hall–Kier alpha value is -1.41. The fourth-order valence-corrected chi connectivity index (χ4v) is 1.24. The van der Waals surface area contributed by atoms with Crippen molar-refractivity contribution in [2.24, 2.45) is 0 Å². The van der Waals surface area contributed by atoms with E-state index in [9.17, 15) is 4.79 Å². The molecule has 1 heterocycles. The van der Waals surface area contributed by atoms with Gasteiger partial charge in [0.05, 0.1) is 15.6 Å². The molecule has 1 rings (SSSR count). The molecule has 0 aromatic carbocycles. The summed E-state index contributed by atoms with van der Waals surface area (Å²) in [5.74, 6) is -1.14. The molecule has 0 bridgehead atoms. The van der Waals surface area contributed by atoms with Gasteiger partial charge in [0.25, 0.3) is 0 Å². The van der Waals surface area contributed by atoms with Crippen molar-refractivity contribution in [2.45, 2.75) is 0 Å². The van der Waals surface area contributed by atoms with Crippen LogP contribution in [-0.4, -0.2) is 16.1 Å². The number of nitriles is 1. The number of nitrogens with zero attached hydrogens (tertiary/aromatic N) is 2. The Morgan fingerprint density at radius 3 is 2.75 bits per heavy atom. The minimum Gasteiger partial charge on any atom is -0.478 e. The number of carboxylic acids is 1. The van der Waals surface area contributed by atoms with Crippen LogP contribution in [0.3, 0.4) is 0 Å². The van der Waals surface area contributed by atoms with Gasteiger partial charge in [-0.3, -0.25) is 4.98 Å². The van der Waals surface area contributed by atoms with Gasteiger partial charge in [0.2, 0.25) is 0 Å². The minimum atomic E-state index is -1.14. The fourth-order valence-electron chi connectivity index (χ4n) is 0.737. The lowest BCUT2D eigenvalue weighted by Crippen LogP contribution is -2.01. The van der Waals surface area contributed by atoms with E-state index in [4.69, 9.17) is 10.4 Å². The van der Waals surface area contributed by atoms with Crippen LogP contribution in [0.25, 0.3) is 0 Å². The predicted molar refractivity (Wildman–Crippen MR) is 43.6 cm³/mol. The van der Waals surface area contributed by atoms with E-state index >= 15 is 0 Å². The number of hydrogen-bond acceptors (Lipinski definition) is 3. The lowest BCUT2D eigenvalue weighted by Gasteiger charge is -1.98. The first-order valence-corrected chi connectivity index (χ1v) is 3.73. The van der Waals surface area contributed by atoms with Crippen LogP contribution in [0.5, 0.6) is 0 Å². The average Bonchev–Trinajstić information content (AvgIpc) is 2.03. The largest absolute Gasteiger partial charge is 0.478 e. The lowest BCUT2D eigenvalue weighted by atomic mass is 10.1. The maximum absolute atomic E-state index is 10.6. The SMILES string of the molecule is N#Cc1cncc(Br)c1C(=O)O. The second-order valence-electron chi connectivity index (χ2n) is 1.96. The first kappa shape index (κ1) is 8.68. The number of carbonyl (C=O) groups is 1. The molecule has 0 aliphatic rings. The van der Waals surface area contributed by atoms with E-state index in [1.165, 1.54) is 12.4 Å². The molecule has 0 saturated carbocycles. The molecule has 1 aromatic rings. The molecule has 0 spiro atoms. The highest BCUT2D eigenvalue weighted by molar-refractivity contribution is 9.10. The molecule has 60 valence electrons. The van der Waals surface area contributed by atoms with E-state index in [1.54, 1.807) is 6.07 Å². The predicted octanol–water partition coefficient (Wildman–Crippen LogP) is 1.41. The minimum absolute atomic E-state index is 0.0486. The monoisotopic (exact) mass is 226 g/mol. The summed E-state index contributed by atoms with van der Waals surface area (Å²) < 4.78 is 0.314. The van der Waals surface area contributed by atoms with Crippen LogP contribution < -0.4 is 0 Å². The topological polar surface area (TPSA) is 74.0 Å². The summed E-state index contributed by atoms with van der Waals surface area (Å²) >= 11 is 2.99. The van der Waals surface area contributed by atoms with Gasteiger partial charge in [-0.1, -0.05) is 0 Å². The summed E-state index contributed by atoms with van der Waals surface area (Å²) in [4.78, 5) is 14.3. The van der Waals surface area contributed by atoms with Crippen LogP contribution in [-0.2, 0) is 0 Å². The maximum Gasteiger partial charge on any atom is 0.338 e. The van der Waals surface area contributed by atoms with Crippen molar-refractivity contribution < 1.29 is 9.90 Å². The van der Waals surface area contributed by atoms with Gasteiger partial charge < -0.3 is 5.11 Å². The Balaban J connectivity index is 3.42. The molecule has 0 aliphatic heterocycles. The van der Waals surface area contributed by atoms with Crippen molar-refractivity contribution in [3.05, 3.63) is 28.0 Å². The van der Waals surface area contributed by atoms with Gasteiger partial charge in [-0.15, -0.1) is 0 Å². The van der Waals surface area contributed by atoms with Crippen LogP contribution >= 0.6 is 15.9 Å². The maximum atomic E-state index is 10.6. The third-order valence-corrected chi connectivity index (χ3v) is 1.84. The van der Waals surface area contributed by atoms with Crippen molar-refractivity contribution in [3.8, 4) is 6.07 Å². The molecule has 4 nitrogen and oxygen atoms in total. The number of rotatable bonds is 1. The van der Waals surface area contributed by atoms with Crippen LogP contribution in [0, 0.1) is 11.3 Å². The van der Waals surface area contributed by atoms with E-state index in [1.807, 2.05) is 0 Å². The highest BCUT2D eigenvalue weighted by Crippen LogP contribution is 2.18. The van der Waals surface area contributed by atoms with Crippen molar-refractivity contribution in [3.63, 3.8) is 0 Å². The number of hydrogen-bond donors (Lipinski definition) is 1. The molecule has 1 aromatic heterocycles. The number of carboxylic acid groups (broad SMARTS) is 1. The van der Waals surface area contributed by atoms with E-state index in [0.29, 0.717) is 4.47 Å². The number of pyridine rings is 1. The van der Waals surface area contributed by atoms with Gasteiger partial charge in [0, 0.05) is 12.4 Å². The zero-order chi connectivity index (χ0) is 9.14. The molecule has 0 unspecified atom stereocenters. The molecular formula is C7H3BrN2O2. The summed E-state index contributed by atoms with van der Waals surface area (Å²) in [6.45, 7) is 0. The Morgan fingerprint density at radius 2 is 2.33 bits per heavy atom. The van der Waals surface area contributed by atoms with Crippen LogP contribution in [0.1, 0.15) is 15.9 Å².